The minimum absolute atomic E-state index is 0. The molecule has 0 bridgehead atoms. The fourth-order valence-corrected chi connectivity index (χ4v) is 1.68. The topological polar surface area (TPSA) is 0 Å². The van der Waals surface area contributed by atoms with Crippen molar-refractivity contribution in [2.45, 2.75) is 20.8 Å². The molecule has 0 amide bonds. The molecule has 0 radical (unpaired) electrons. The summed E-state index contributed by atoms with van der Waals surface area (Å²) in [7, 11) is 0. The van der Waals surface area contributed by atoms with Crippen molar-refractivity contribution < 1.29 is 21.5 Å². The van der Waals surface area contributed by atoms with Gasteiger partial charge in [-0.15, -0.1) is 11.6 Å². The third kappa shape index (κ3) is 4.34. The number of hydrogen-bond donors (Lipinski definition) is 0. The minimum atomic E-state index is 0. The smallest absolute Gasteiger partial charge is 0.0924 e. The summed E-state index contributed by atoms with van der Waals surface area (Å²) in [6, 6.07) is 0. The molecule has 0 aromatic heterocycles. The van der Waals surface area contributed by atoms with Crippen LogP contribution in [-0.4, -0.2) is 36.5 Å². The van der Waals surface area contributed by atoms with Gasteiger partial charge in [0, 0.05) is 0 Å². The maximum Gasteiger partial charge on any atom is 0.0924 e. The molecule has 3 heteroatoms. The van der Waals surface area contributed by atoms with Gasteiger partial charge in [-0.25, -0.2) is 0 Å². The van der Waals surface area contributed by atoms with E-state index in [-0.39, 0.29) is 17.0 Å². The molecule has 0 aliphatic carbocycles. The fraction of sp³-hybridized carbons (Fsp3) is 1.00. The van der Waals surface area contributed by atoms with E-state index in [9.17, 15) is 0 Å². The number of nitrogens with zero attached hydrogens (tertiary/aromatic N) is 1. The van der Waals surface area contributed by atoms with Crippen molar-refractivity contribution >= 4 is 11.6 Å². The Hall–Kier alpha value is 0.730. The van der Waals surface area contributed by atoms with Gasteiger partial charge < -0.3 is 21.5 Å². The van der Waals surface area contributed by atoms with Crippen molar-refractivity contribution in [3.05, 3.63) is 0 Å². The Bertz CT molecular complexity index is 75.9. The molecule has 1 nitrogen and oxygen atoms in total. The van der Waals surface area contributed by atoms with Crippen LogP contribution < -0.4 is 17.0 Å². The van der Waals surface area contributed by atoms with Crippen LogP contribution in [0.2, 0.25) is 0 Å². The van der Waals surface area contributed by atoms with Crippen molar-refractivity contribution in [3.8, 4) is 0 Å². The zero-order chi connectivity index (χ0) is 8.04. The zero-order valence-electron chi connectivity index (χ0n) is 7.74. The fourth-order valence-electron chi connectivity index (χ4n) is 1.32. The maximum absolute atomic E-state index is 5.71. The molecule has 0 rings (SSSR count). The van der Waals surface area contributed by atoms with Gasteiger partial charge in [-0.05, 0) is 20.8 Å². The van der Waals surface area contributed by atoms with Crippen LogP contribution in [0, 0.1) is 0 Å². The van der Waals surface area contributed by atoms with Crippen molar-refractivity contribution in [2.75, 3.05) is 32.1 Å². The minimum Gasteiger partial charge on any atom is -1.00 e. The highest BCUT2D eigenvalue weighted by Gasteiger charge is 2.18. The van der Waals surface area contributed by atoms with Crippen LogP contribution >= 0.6 is 11.6 Å². The van der Waals surface area contributed by atoms with Gasteiger partial charge in [-0.1, -0.05) is 0 Å². The Balaban J connectivity index is 0. The van der Waals surface area contributed by atoms with Crippen molar-refractivity contribution in [1.82, 2.24) is 0 Å². The van der Waals surface area contributed by atoms with E-state index in [4.69, 9.17) is 11.6 Å². The summed E-state index contributed by atoms with van der Waals surface area (Å²) >= 11 is 5.71. The van der Waals surface area contributed by atoms with Crippen LogP contribution in [0.1, 0.15) is 20.8 Å². The van der Waals surface area contributed by atoms with E-state index in [2.05, 4.69) is 20.8 Å². The lowest BCUT2D eigenvalue weighted by atomic mass is 10.3. The predicted octanol–water partition coefficient (Wildman–Crippen LogP) is -0.894. The third-order valence-corrected chi connectivity index (χ3v) is 2.74. The summed E-state index contributed by atoms with van der Waals surface area (Å²) in [6.45, 7) is 11.4. The zero-order valence-corrected chi connectivity index (χ0v) is 10.1. The first-order chi connectivity index (χ1) is 4.74. The van der Waals surface area contributed by atoms with Crippen LogP contribution in [0.25, 0.3) is 0 Å². The summed E-state index contributed by atoms with van der Waals surface area (Å²) in [4.78, 5) is 0. The molecule has 0 aromatic carbocycles. The average Bonchev–Trinajstić information content (AvgIpc) is 2.01. The molecule has 0 aliphatic rings. The molecule has 0 N–H and O–H groups in total. The standard InChI is InChI=1S/C8H19ClN.BrH/c1-4-10(5-2,6-3)8-7-9;/h4-8H2,1-3H3;1H/q+1;/p-1. The first kappa shape index (κ1) is 14.3. The quantitative estimate of drug-likeness (QED) is 0.435. The molecular weight excluding hydrogens is 225 g/mol. The second kappa shape index (κ2) is 7.38. The lowest BCUT2D eigenvalue weighted by molar-refractivity contribution is -0.921. The van der Waals surface area contributed by atoms with Gasteiger partial charge in [0.05, 0.1) is 32.1 Å². The average molecular weight is 245 g/mol. The van der Waals surface area contributed by atoms with Gasteiger partial charge in [0.25, 0.3) is 0 Å². The summed E-state index contributed by atoms with van der Waals surface area (Å²) in [5, 5.41) is 0. The monoisotopic (exact) mass is 243 g/mol. The van der Waals surface area contributed by atoms with Crippen molar-refractivity contribution in [2.24, 2.45) is 0 Å². The summed E-state index contributed by atoms with van der Waals surface area (Å²) < 4.78 is 1.17. The van der Waals surface area contributed by atoms with E-state index in [1.165, 1.54) is 24.1 Å². The number of halogens is 2. The highest BCUT2D eigenvalue weighted by Crippen LogP contribution is 2.05. The largest absolute Gasteiger partial charge is 1.00 e. The van der Waals surface area contributed by atoms with Crippen LogP contribution in [0.15, 0.2) is 0 Å². The molecule has 70 valence electrons. The van der Waals surface area contributed by atoms with Gasteiger partial charge in [0.1, 0.15) is 0 Å². The number of hydrogen-bond acceptors (Lipinski definition) is 0. The molecule has 0 fully saturated rings. The van der Waals surface area contributed by atoms with E-state index >= 15 is 0 Å². The van der Waals surface area contributed by atoms with Crippen LogP contribution in [0.4, 0.5) is 0 Å². The molecule has 0 heterocycles. The van der Waals surface area contributed by atoms with E-state index in [1.54, 1.807) is 0 Å². The number of alkyl halides is 1. The molecule has 11 heavy (non-hydrogen) atoms. The second-order valence-electron chi connectivity index (χ2n) is 2.70. The van der Waals surface area contributed by atoms with Crippen molar-refractivity contribution in [1.29, 1.82) is 0 Å². The Labute approximate surface area is 86.1 Å². The van der Waals surface area contributed by atoms with Gasteiger partial charge in [0.2, 0.25) is 0 Å². The first-order valence-electron chi connectivity index (χ1n) is 4.15. The Morgan fingerprint density at radius 3 is 1.45 bits per heavy atom. The molecule has 0 saturated carbocycles. The van der Waals surface area contributed by atoms with E-state index < -0.39 is 0 Å². The number of rotatable bonds is 5. The van der Waals surface area contributed by atoms with Crippen LogP contribution in [0.5, 0.6) is 0 Å². The molecular formula is C8H19BrClN. The van der Waals surface area contributed by atoms with E-state index in [0.717, 1.165) is 12.4 Å². The Morgan fingerprint density at radius 1 is 1.00 bits per heavy atom. The van der Waals surface area contributed by atoms with Crippen LogP contribution in [-0.2, 0) is 0 Å². The van der Waals surface area contributed by atoms with Gasteiger partial charge in [-0.3, -0.25) is 0 Å². The highest BCUT2D eigenvalue weighted by molar-refractivity contribution is 6.17. The molecule has 0 saturated heterocycles. The van der Waals surface area contributed by atoms with Crippen molar-refractivity contribution in [3.63, 3.8) is 0 Å². The molecule has 0 aromatic rings. The summed E-state index contributed by atoms with van der Waals surface area (Å²) in [5.74, 6) is 0.787. The molecule has 0 unspecified atom stereocenters. The van der Waals surface area contributed by atoms with Gasteiger partial charge in [0.15, 0.2) is 0 Å². The SMILES string of the molecule is CC[N+](CC)(CC)CCCl.[Br-]. The summed E-state index contributed by atoms with van der Waals surface area (Å²) in [6.07, 6.45) is 0. The molecule has 0 atom stereocenters. The Kier molecular flexibility index (Phi) is 9.57. The highest BCUT2D eigenvalue weighted by atomic mass is 79.9. The van der Waals surface area contributed by atoms with Gasteiger partial charge >= 0.3 is 0 Å². The maximum atomic E-state index is 5.71. The normalized spacial score (nSPS) is 10.9. The van der Waals surface area contributed by atoms with E-state index in [1.807, 2.05) is 0 Å². The van der Waals surface area contributed by atoms with Gasteiger partial charge in [-0.2, -0.15) is 0 Å². The summed E-state index contributed by atoms with van der Waals surface area (Å²) in [5.41, 5.74) is 0. The second-order valence-corrected chi connectivity index (χ2v) is 3.08. The van der Waals surface area contributed by atoms with Crippen LogP contribution in [0.3, 0.4) is 0 Å². The third-order valence-electron chi connectivity index (χ3n) is 2.57. The first-order valence-corrected chi connectivity index (χ1v) is 4.69. The predicted molar refractivity (Wildman–Crippen MR) is 47.5 cm³/mol. The molecule has 0 spiro atoms. The number of quaternary nitrogens is 1. The lowest BCUT2D eigenvalue weighted by Gasteiger charge is -2.35. The lowest BCUT2D eigenvalue weighted by Crippen LogP contribution is -3.00. The molecule has 0 aliphatic heterocycles. The Morgan fingerprint density at radius 2 is 1.36 bits per heavy atom. The van der Waals surface area contributed by atoms with E-state index in [0.29, 0.717) is 0 Å².